The van der Waals surface area contributed by atoms with Crippen molar-refractivity contribution in [3.8, 4) is 0 Å². The van der Waals surface area contributed by atoms with E-state index in [1.54, 1.807) is 0 Å². The fourth-order valence-corrected chi connectivity index (χ4v) is 3.61. The third-order valence-electron chi connectivity index (χ3n) is 2.83. The maximum atomic E-state index is 3.66. The van der Waals surface area contributed by atoms with Crippen LogP contribution < -0.4 is 5.32 Å². The van der Waals surface area contributed by atoms with E-state index < -0.39 is 0 Å². The summed E-state index contributed by atoms with van der Waals surface area (Å²) in [5, 5.41) is 3.66. The van der Waals surface area contributed by atoms with Crippen LogP contribution in [0, 0.1) is 0 Å². The molecule has 0 unspecified atom stereocenters. The molecule has 2 rings (SSSR count). The Morgan fingerprint density at radius 2 is 2.19 bits per heavy atom. The predicted molar refractivity (Wildman–Crippen MR) is 77.6 cm³/mol. The minimum Gasteiger partial charge on any atom is -0.382 e. The molecule has 0 aliphatic carbocycles. The number of thioether (sulfide) groups is 2. The Balaban J connectivity index is 1.94. The van der Waals surface area contributed by atoms with Gasteiger partial charge in [0.05, 0.1) is 0 Å². The van der Waals surface area contributed by atoms with E-state index in [4.69, 9.17) is 0 Å². The van der Waals surface area contributed by atoms with Gasteiger partial charge in [-0.2, -0.15) is 23.5 Å². The quantitative estimate of drug-likeness (QED) is 0.875. The van der Waals surface area contributed by atoms with Gasteiger partial charge in [0.15, 0.2) is 0 Å². The first kappa shape index (κ1) is 12.2. The van der Waals surface area contributed by atoms with E-state index >= 15 is 0 Å². The highest BCUT2D eigenvalue weighted by molar-refractivity contribution is 7.99. The molecule has 88 valence electrons. The van der Waals surface area contributed by atoms with Crippen LogP contribution in [0.15, 0.2) is 24.3 Å². The molecule has 0 bridgehead atoms. The minimum atomic E-state index is 0.686. The first-order valence-corrected chi connectivity index (χ1v) is 8.35. The lowest BCUT2D eigenvalue weighted by atomic mass is 10.1. The first-order valence-electron chi connectivity index (χ1n) is 5.80. The molecular weight excluding hydrogens is 234 g/mol. The maximum absolute atomic E-state index is 3.66. The van der Waals surface area contributed by atoms with Gasteiger partial charge in [-0.1, -0.05) is 12.1 Å². The van der Waals surface area contributed by atoms with E-state index in [1.807, 2.05) is 11.8 Å². The number of anilines is 1. The molecule has 1 fully saturated rings. The summed E-state index contributed by atoms with van der Waals surface area (Å²) in [6.07, 6.45) is 4.76. The highest BCUT2D eigenvalue weighted by Crippen LogP contribution is 2.22. The van der Waals surface area contributed by atoms with E-state index in [-0.39, 0.29) is 0 Å². The SMILES string of the molecule is CSCc1cccc(NC2CCSCC2)c1. The molecule has 1 aromatic carbocycles. The Kier molecular flexibility index (Phi) is 4.91. The Bertz CT molecular complexity index is 321. The van der Waals surface area contributed by atoms with Gasteiger partial charge in [-0.3, -0.25) is 0 Å². The van der Waals surface area contributed by atoms with Crippen molar-refractivity contribution < 1.29 is 0 Å². The zero-order chi connectivity index (χ0) is 11.2. The fourth-order valence-electron chi connectivity index (χ4n) is 2.00. The van der Waals surface area contributed by atoms with Gasteiger partial charge in [0, 0.05) is 17.5 Å². The van der Waals surface area contributed by atoms with E-state index in [0.29, 0.717) is 6.04 Å². The molecule has 1 nitrogen and oxygen atoms in total. The van der Waals surface area contributed by atoms with E-state index in [9.17, 15) is 0 Å². The van der Waals surface area contributed by atoms with Crippen molar-refractivity contribution in [3.05, 3.63) is 29.8 Å². The maximum Gasteiger partial charge on any atom is 0.0345 e. The number of hydrogen-bond acceptors (Lipinski definition) is 3. The van der Waals surface area contributed by atoms with E-state index in [0.717, 1.165) is 5.75 Å². The van der Waals surface area contributed by atoms with Gasteiger partial charge in [-0.25, -0.2) is 0 Å². The molecule has 1 saturated heterocycles. The third kappa shape index (κ3) is 3.63. The molecule has 0 amide bonds. The molecule has 0 radical (unpaired) electrons. The first-order chi connectivity index (χ1) is 7.88. The number of benzene rings is 1. The van der Waals surface area contributed by atoms with Crippen molar-refractivity contribution in [1.29, 1.82) is 0 Å². The van der Waals surface area contributed by atoms with Gasteiger partial charge in [-0.05, 0) is 48.3 Å². The molecule has 1 aromatic rings. The van der Waals surface area contributed by atoms with Crippen LogP contribution >= 0.6 is 23.5 Å². The second-order valence-electron chi connectivity index (χ2n) is 4.16. The highest BCUT2D eigenvalue weighted by Gasteiger charge is 2.12. The topological polar surface area (TPSA) is 12.0 Å². The number of hydrogen-bond donors (Lipinski definition) is 1. The van der Waals surface area contributed by atoms with Crippen molar-refractivity contribution in [3.63, 3.8) is 0 Å². The van der Waals surface area contributed by atoms with Crippen LogP contribution in [-0.4, -0.2) is 23.8 Å². The van der Waals surface area contributed by atoms with Crippen molar-refractivity contribution in [1.82, 2.24) is 0 Å². The average molecular weight is 253 g/mol. The molecule has 1 aliphatic rings. The smallest absolute Gasteiger partial charge is 0.0345 e. The summed E-state index contributed by atoms with van der Waals surface area (Å²) < 4.78 is 0. The molecule has 1 N–H and O–H groups in total. The molecule has 0 spiro atoms. The molecule has 0 aromatic heterocycles. The third-order valence-corrected chi connectivity index (χ3v) is 4.50. The molecule has 1 heterocycles. The van der Waals surface area contributed by atoms with Crippen molar-refractivity contribution in [2.24, 2.45) is 0 Å². The summed E-state index contributed by atoms with van der Waals surface area (Å²) in [6.45, 7) is 0. The minimum absolute atomic E-state index is 0.686. The summed E-state index contributed by atoms with van der Waals surface area (Å²) in [4.78, 5) is 0. The second-order valence-corrected chi connectivity index (χ2v) is 6.26. The second kappa shape index (κ2) is 6.45. The number of rotatable bonds is 4. The lowest BCUT2D eigenvalue weighted by molar-refractivity contribution is 0.667. The number of nitrogens with one attached hydrogen (secondary N) is 1. The Labute approximate surface area is 107 Å². The lowest BCUT2D eigenvalue weighted by Gasteiger charge is -2.23. The van der Waals surface area contributed by atoms with Crippen molar-refractivity contribution in [2.45, 2.75) is 24.6 Å². The van der Waals surface area contributed by atoms with Crippen LogP contribution in [0.1, 0.15) is 18.4 Å². The summed E-state index contributed by atoms with van der Waals surface area (Å²) in [5.41, 5.74) is 2.71. The summed E-state index contributed by atoms with van der Waals surface area (Å²) in [6, 6.07) is 9.53. The van der Waals surface area contributed by atoms with Crippen molar-refractivity contribution in [2.75, 3.05) is 23.1 Å². The molecule has 0 atom stereocenters. The van der Waals surface area contributed by atoms with Gasteiger partial charge < -0.3 is 5.32 Å². The van der Waals surface area contributed by atoms with Crippen LogP contribution in [0.2, 0.25) is 0 Å². The zero-order valence-corrected chi connectivity index (χ0v) is 11.4. The summed E-state index contributed by atoms with van der Waals surface area (Å²) in [7, 11) is 0. The Hall–Kier alpha value is -0.280. The van der Waals surface area contributed by atoms with Crippen LogP contribution in [0.4, 0.5) is 5.69 Å². The largest absolute Gasteiger partial charge is 0.382 e. The summed E-state index contributed by atoms with van der Waals surface area (Å²) in [5.74, 6) is 3.72. The van der Waals surface area contributed by atoms with Crippen LogP contribution in [0.25, 0.3) is 0 Å². The van der Waals surface area contributed by atoms with E-state index in [2.05, 4.69) is 47.6 Å². The Morgan fingerprint density at radius 1 is 1.38 bits per heavy atom. The fraction of sp³-hybridized carbons (Fsp3) is 0.538. The average Bonchev–Trinajstić information content (AvgIpc) is 2.31. The predicted octanol–water partition coefficient (Wildman–Crippen LogP) is 3.86. The molecule has 16 heavy (non-hydrogen) atoms. The van der Waals surface area contributed by atoms with Gasteiger partial charge >= 0.3 is 0 Å². The monoisotopic (exact) mass is 253 g/mol. The van der Waals surface area contributed by atoms with E-state index in [1.165, 1.54) is 35.6 Å². The summed E-state index contributed by atoms with van der Waals surface area (Å²) >= 11 is 3.96. The van der Waals surface area contributed by atoms with Gasteiger partial charge in [0.2, 0.25) is 0 Å². The lowest BCUT2D eigenvalue weighted by Crippen LogP contribution is -2.24. The Morgan fingerprint density at radius 3 is 2.94 bits per heavy atom. The highest BCUT2D eigenvalue weighted by atomic mass is 32.2. The van der Waals surface area contributed by atoms with Crippen LogP contribution in [0.5, 0.6) is 0 Å². The normalized spacial score (nSPS) is 17.3. The molecule has 1 aliphatic heterocycles. The van der Waals surface area contributed by atoms with Gasteiger partial charge in [-0.15, -0.1) is 0 Å². The van der Waals surface area contributed by atoms with Gasteiger partial charge in [0.1, 0.15) is 0 Å². The van der Waals surface area contributed by atoms with Crippen LogP contribution in [0.3, 0.4) is 0 Å². The van der Waals surface area contributed by atoms with Crippen molar-refractivity contribution >= 4 is 29.2 Å². The molecule has 0 saturated carbocycles. The molecule has 3 heteroatoms. The van der Waals surface area contributed by atoms with Crippen LogP contribution in [-0.2, 0) is 5.75 Å². The zero-order valence-electron chi connectivity index (χ0n) is 9.74. The standard InChI is InChI=1S/C13H19NS2/c1-15-10-11-3-2-4-13(9-11)14-12-5-7-16-8-6-12/h2-4,9,12,14H,5-8,10H2,1H3. The van der Waals surface area contributed by atoms with Gasteiger partial charge in [0.25, 0.3) is 0 Å². The molecular formula is C13H19NS2.